The lowest BCUT2D eigenvalue weighted by molar-refractivity contribution is 0.265. The number of hydrogen-bond donors (Lipinski definition) is 1. The highest BCUT2D eigenvalue weighted by molar-refractivity contribution is 6.31. The molecule has 1 fully saturated rings. The molecule has 2 aromatic rings. The summed E-state index contributed by atoms with van der Waals surface area (Å²) >= 11 is 6.51. The molecule has 0 atom stereocenters. The Labute approximate surface area is 172 Å². The van der Waals surface area contributed by atoms with E-state index in [4.69, 9.17) is 21.1 Å². The summed E-state index contributed by atoms with van der Waals surface area (Å²) in [4.78, 5) is 0. The van der Waals surface area contributed by atoms with Crippen LogP contribution in [0, 0.1) is 5.82 Å². The van der Waals surface area contributed by atoms with Crippen molar-refractivity contribution in [2.24, 2.45) is 0 Å². The second-order valence-corrected chi connectivity index (χ2v) is 7.68. The molecule has 1 saturated carbocycles. The van der Waals surface area contributed by atoms with Gasteiger partial charge < -0.3 is 14.8 Å². The summed E-state index contributed by atoms with van der Waals surface area (Å²) in [5.74, 6) is 0.894. The maximum Gasteiger partial charge on any atom is 0.163 e. The molecule has 2 aromatic carbocycles. The zero-order chi connectivity index (χ0) is 19.8. The molecule has 0 spiro atoms. The maximum absolute atomic E-state index is 13.8. The number of nitrogens with one attached hydrogen (secondary N) is 1. The van der Waals surface area contributed by atoms with Gasteiger partial charge in [0, 0.05) is 29.2 Å². The molecule has 0 radical (unpaired) electrons. The third-order valence-corrected chi connectivity index (χ3v) is 5.54. The fourth-order valence-electron chi connectivity index (χ4n) is 3.60. The van der Waals surface area contributed by atoms with E-state index < -0.39 is 0 Å². The predicted molar refractivity (Wildman–Crippen MR) is 112 cm³/mol. The Morgan fingerprint density at radius 1 is 1.00 bits per heavy atom. The molecule has 0 amide bonds. The SMILES string of the molecule is CCOc1cc(CNC2CCCCCC2)c(Cl)cc1OCc1ccccc1F. The number of hydrogen-bond acceptors (Lipinski definition) is 3. The first-order valence-electron chi connectivity index (χ1n) is 10.2. The molecule has 152 valence electrons. The average molecular weight is 406 g/mol. The molecule has 0 aromatic heterocycles. The molecule has 3 nitrogen and oxygen atoms in total. The predicted octanol–water partition coefficient (Wildman–Crippen LogP) is 6.27. The summed E-state index contributed by atoms with van der Waals surface area (Å²) in [6.45, 7) is 3.28. The van der Waals surface area contributed by atoms with Crippen molar-refractivity contribution >= 4 is 11.6 Å². The summed E-state index contributed by atoms with van der Waals surface area (Å²) in [5, 5.41) is 4.27. The van der Waals surface area contributed by atoms with E-state index in [0.717, 1.165) is 5.56 Å². The van der Waals surface area contributed by atoms with Crippen molar-refractivity contribution in [3.8, 4) is 11.5 Å². The fraction of sp³-hybridized carbons (Fsp3) is 0.478. The largest absolute Gasteiger partial charge is 0.490 e. The molecule has 28 heavy (non-hydrogen) atoms. The Balaban J connectivity index is 1.69. The normalized spacial score (nSPS) is 15.2. The monoisotopic (exact) mass is 405 g/mol. The summed E-state index contributed by atoms with van der Waals surface area (Å²) in [6.07, 6.45) is 7.69. The van der Waals surface area contributed by atoms with Crippen molar-refractivity contribution < 1.29 is 13.9 Å². The van der Waals surface area contributed by atoms with Gasteiger partial charge >= 0.3 is 0 Å². The minimum Gasteiger partial charge on any atom is -0.490 e. The Hall–Kier alpha value is -1.78. The maximum atomic E-state index is 13.8. The van der Waals surface area contributed by atoms with Gasteiger partial charge in [-0.15, -0.1) is 0 Å². The molecular weight excluding hydrogens is 377 g/mol. The van der Waals surface area contributed by atoms with Crippen LogP contribution in [-0.2, 0) is 13.2 Å². The highest BCUT2D eigenvalue weighted by Gasteiger charge is 2.15. The molecule has 0 saturated heterocycles. The van der Waals surface area contributed by atoms with Crippen molar-refractivity contribution in [3.05, 3.63) is 58.4 Å². The van der Waals surface area contributed by atoms with E-state index in [-0.39, 0.29) is 12.4 Å². The molecule has 0 aliphatic heterocycles. The summed E-state index contributed by atoms with van der Waals surface area (Å²) in [6, 6.07) is 10.9. The molecule has 1 N–H and O–H groups in total. The van der Waals surface area contributed by atoms with E-state index in [2.05, 4.69) is 5.32 Å². The van der Waals surface area contributed by atoms with Gasteiger partial charge in [-0.25, -0.2) is 4.39 Å². The number of benzene rings is 2. The van der Waals surface area contributed by atoms with Crippen LogP contribution in [0.3, 0.4) is 0 Å². The van der Waals surface area contributed by atoms with E-state index >= 15 is 0 Å². The third-order valence-electron chi connectivity index (χ3n) is 5.19. The highest BCUT2D eigenvalue weighted by atomic mass is 35.5. The molecular formula is C23H29ClFNO2. The van der Waals surface area contributed by atoms with Crippen LogP contribution in [0.15, 0.2) is 36.4 Å². The lowest BCUT2D eigenvalue weighted by atomic mass is 10.1. The van der Waals surface area contributed by atoms with Crippen molar-refractivity contribution in [2.75, 3.05) is 6.61 Å². The smallest absolute Gasteiger partial charge is 0.163 e. The highest BCUT2D eigenvalue weighted by Crippen LogP contribution is 2.34. The first kappa shape index (κ1) is 20.9. The Kier molecular flexibility index (Phi) is 7.99. The first-order chi connectivity index (χ1) is 13.7. The van der Waals surface area contributed by atoms with Crippen molar-refractivity contribution in [1.82, 2.24) is 5.32 Å². The van der Waals surface area contributed by atoms with Crippen LogP contribution in [-0.4, -0.2) is 12.6 Å². The van der Waals surface area contributed by atoms with Crippen LogP contribution in [0.1, 0.15) is 56.6 Å². The van der Waals surface area contributed by atoms with Crippen LogP contribution in [0.2, 0.25) is 5.02 Å². The van der Waals surface area contributed by atoms with Gasteiger partial charge in [0.15, 0.2) is 11.5 Å². The van der Waals surface area contributed by atoms with E-state index in [0.29, 0.717) is 41.3 Å². The number of halogens is 2. The van der Waals surface area contributed by atoms with Gasteiger partial charge in [-0.3, -0.25) is 0 Å². The van der Waals surface area contributed by atoms with Gasteiger partial charge in [0.05, 0.1) is 6.61 Å². The Morgan fingerprint density at radius 3 is 2.43 bits per heavy atom. The summed E-state index contributed by atoms with van der Waals surface area (Å²) in [5.41, 5.74) is 1.49. The minimum atomic E-state index is -0.282. The Bertz CT molecular complexity index is 760. The van der Waals surface area contributed by atoms with Gasteiger partial charge in [-0.2, -0.15) is 0 Å². The summed E-state index contributed by atoms with van der Waals surface area (Å²) in [7, 11) is 0. The average Bonchev–Trinajstić information content (AvgIpc) is 2.97. The fourth-order valence-corrected chi connectivity index (χ4v) is 3.82. The van der Waals surface area contributed by atoms with Crippen molar-refractivity contribution in [2.45, 2.75) is 64.6 Å². The van der Waals surface area contributed by atoms with Gasteiger partial charge in [0.1, 0.15) is 12.4 Å². The van der Waals surface area contributed by atoms with Gasteiger partial charge in [0.25, 0.3) is 0 Å². The first-order valence-corrected chi connectivity index (χ1v) is 10.6. The molecule has 0 heterocycles. The molecule has 1 aliphatic rings. The lowest BCUT2D eigenvalue weighted by Crippen LogP contribution is -2.28. The van der Waals surface area contributed by atoms with E-state index in [1.807, 2.05) is 13.0 Å². The van der Waals surface area contributed by atoms with Crippen LogP contribution in [0.5, 0.6) is 11.5 Å². The second-order valence-electron chi connectivity index (χ2n) is 7.27. The quantitative estimate of drug-likeness (QED) is 0.525. The Morgan fingerprint density at radius 2 is 1.71 bits per heavy atom. The molecule has 0 bridgehead atoms. The molecule has 5 heteroatoms. The third kappa shape index (κ3) is 5.86. The zero-order valence-electron chi connectivity index (χ0n) is 16.5. The lowest BCUT2D eigenvalue weighted by Gasteiger charge is -2.19. The number of ether oxygens (including phenoxy) is 2. The molecule has 1 aliphatic carbocycles. The van der Waals surface area contributed by atoms with Gasteiger partial charge in [-0.1, -0.05) is 55.5 Å². The van der Waals surface area contributed by atoms with Crippen molar-refractivity contribution in [3.63, 3.8) is 0 Å². The van der Waals surface area contributed by atoms with Crippen LogP contribution in [0.4, 0.5) is 4.39 Å². The van der Waals surface area contributed by atoms with Gasteiger partial charge in [-0.05, 0) is 37.5 Å². The minimum absolute atomic E-state index is 0.128. The van der Waals surface area contributed by atoms with Crippen LogP contribution < -0.4 is 14.8 Å². The van der Waals surface area contributed by atoms with E-state index in [9.17, 15) is 4.39 Å². The zero-order valence-corrected chi connectivity index (χ0v) is 17.2. The second kappa shape index (κ2) is 10.7. The molecule has 3 rings (SSSR count). The topological polar surface area (TPSA) is 30.5 Å². The number of rotatable bonds is 8. The standard InChI is InChI=1S/C23H29ClFNO2/c1-2-27-22-13-18(15-26-19-10-5-3-4-6-11-19)20(24)14-23(22)28-16-17-9-7-8-12-21(17)25/h7-9,12-14,19,26H,2-6,10-11,15-16H2,1H3. The van der Waals surface area contributed by atoms with E-state index in [1.54, 1.807) is 24.3 Å². The van der Waals surface area contributed by atoms with Crippen LogP contribution >= 0.6 is 11.6 Å². The van der Waals surface area contributed by atoms with E-state index in [1.165, 1.54) is 44.6 Å². The molecule has 0 unspecified atom stereocenters. The summed E-state index contributed by atoms with van der Waals surface area (Å²) < 4.78 is 25.4. The van der Waals surface area contributed by atoms with Gasteiger partial charge in [0.2, 0.25) is 0 Å². The van der Waals surface area contributed by atoms with Crippen LogP contribution in [0.25, 0.3) is 0 Å². The van der Waals surface area contributed by atoms with Crippen molar-refractivity contribution in [1.29, 1.82) is 0 Å².